The Labute approximate surface area is 148 Å². The Kier molecular flexibility index (Phi) is 6.84. The SMILES string of the molecule is CC(=O)C(C)NCc1ccccc1SSc1ccccc1[N+](=O)[O-]. The molecule has 1 N–H and O–H groups in total. The lowest BCUT2D eigenvalue weighted by Gasteiger charge is -2.13. The van der Waals surface area contributed by atoms with Crippen molar-refractivity contribution in [2.24, 2.45) is 0 Å². The van der Waals surface area contributed by atoms with Gasteiger partial charge in [-0.1, -0.05) is 41.1 Å². The highest BCUT2D eigenvalue weighted by Gasteiger charge is 2.14. The van der Waals surface area contributed by atoms with Crippen LogP contribution in [0.25, 0.3) is 0 Å². The van der Waals surface area contributed by atoms with Gasteiger partial charge in [0.25, 0.3) is 5.69 Å². The van der Waals surface area contributed by atoms with Crippen LogP contribution >= 0.6 is 21.6 Å². The molecular weight excluding hydrogens is 344 g/mol. The third kappa shape index (κ3) is 5.09. The Hall–Kier alpha value is -1.83. The lowest BCUT2D eigenvalue weighted by molar-refractivity contribution is -0.387. The van der Waals surface area contributed by atoms with Gasteiger partial charge < -0.3 is 5.32 Å². The summed E-state index contributed by atoms with van der Waals surface area (Å²) < 4.78 is 0. The Balaban J connectivity index is 2.08. The first-order valence-electron chi connectivity index (χ1n) is 7.38. The number of hydrogen-bond acceptors (Lipinski definition) is 6. The zero-order valence-electron chi connectivity index (χ0n) is 13.4. The second-order valence-electron chi connectivity index (χ2n) is 5.21. The largest absolute Gasteiger partial charge is 0.304 e. The number of nitro groups is 1. The first-order chi connectivity index (χ1) is 11.5. The van der Waals surface area contributed by atoms with Crippen molar-refractivity contribution < 1.29 is 9.72 Å². The van der Waals surface area contributed by atoms with Gasteiger partial charge in [-0.3, -0.25) is 14.9 Å². The predicted octanol–water partition coefficient (Wildman–Crippen LogP) is 4.46. The molecule has 24 heavy (non-hydrogen) atoms. The van der Waals surface area contributed by atoms with Crippen molar-refractivity contribution in [3.05, 3.63) is 64.2 Å². The topological polar surface area (TPSA) is 72.2 Å². The van der Waals surface area contributed by atoms with Crippen LogP contribution < -0.4 is 5.32 Å². The second kappa shape index (κ2) is 8.86. The van der Waals surface area contributed by atoms with E-state index in [-0.39, 0.29) is 22.4 Å². The Morgan fingerprint density at radius 1 is 1.12 bits per heavy atom. The molecule has 0 saturated carbocycles. The minimum absolute atomic E-state index is 0.0921. The van der Waals surface area contributed by atoms with E-state index in [1.807, 2.05) is 31.2 Å². The van der Waals surface area contributed by atoms with Crippen molar-refractivity contribution in [2.75, 3.05) is 0 Å². The minimum Gasteiger partial charge on any atom is -0.304 e. The number of nitro benzene ring substituents is 1. The lowest BCUT2D eigenvalue weighted by Crippen LogP contribution is -2.31. The number of nitrogens with one attached hydrogen (secondary N) is 1. The van der Waals surface area contributed by atoms with Gasteiger partial charge in [-0.15, -0.1) is 0 Å². The normalized spacial score (nSPS) is 11.9. The van der Waals surface area contributed by atoms with E-state index < -0.39 is 0 Å². The summed E-state index contributed by atoms with van der Waals surface area (Å²) in [6.45, 7) is 3.96. The van der Waals surface area contributed by atoms with Crippen LogP contribution in [0.2, 0.25) is 0 Å². The number of carbonyl (C=O) groups excluding carboxylic acids is 1. The predicted molar refractivity (Wildman–Crippen MR) is 98.2 cm³/mol. The minimum atomic E-state index is -0.370. The highest BCUT2D eigenvalue weighted by molar-refractivity contribution is 8.76. The van der Waals surface area contributed by atoms with Crippen LogP contribution in [0.15, 0.2) is 58.3 Å². The van der Waals surface area contributed by atoms with Gasteiger partial charge in [-0.2, -0.15) is 0 Å². The summed E-state index contributed by atoms with van der Waals surface area (Å²) in [5, 5.41) is 14.3. The number of carbonyl (C=O) groups is 1. The van der Waals surface area contributed by atoms with Crippen LogP contribution in [0.4, 0.5) is 5.69 Å². The molecule has 0 radical (unpaired) electrons. The summed E-state index contributed by atoms with van der Waals surface area (Å²) in [5.74, 6) is 0.0921. The van der Waals surface area contributed by atoms with Crippen molar-refractivity contribution in [2.45, 2.75) is 36.2 Å². The van der Waals surface area contributed by atoms with Gasteiger partial charge in [-0.25, -0.2) is 0 Å². The van der Waals surface area contributed by atoms with E-state index in [9.17, 15) is 14.9 Å². The van der Waals surface area contributed by atoms with E-state index in [1.54, 1.807) is 25.1 Å². The third-order valence-corrected chi connectivity index (χ3v) is 5.98. The number of hydrogen-bond donors (Lipinski definition) is 1. The fraction of sp³-hybridized carbons (Fsp3) is 0.235. The van der Waals surface area contributed by atoms with Gasteiger partial charge in [0.15, 0.2) is 0 Å². The molecular formula is C17H18N2O3S2. The maximum absolute atomic E-state index is 11.3. The van der Waals surface area contributed by atoms with Crippen LogP contribution in [0.1, 0.15) is 19.4 Å². The van der Waals surface area contributed by atoms with Gasteiger partial charge in [0, 0.05) is 17.5 Å². The fourth-order valence-corrected chi connectivity index (χ4v) is 4.28. The molecule has 0 aromatic heterocycles. The van der Waals surface area contributed by atoms with Crippen LogP contribution in [0, 0.1) is 10.1 Å². The van der Waals surface area contributed by atoms with E-state index in [0.717, 1.165) is 10.5 Å². The van der Waals surface area contributed by atoms with Crippen LogP contribution in [-0.4, -0.2) is 16.7 Å². The summed E-state index contributed by atoms with van der Waals surface area (Å²) in [6.07, 6.45) is 0. The second-order valence-corrected chi connectivity index (χ2v) is 7.43. The maximum Gasteiger partial charge on any atom is 0.283 e. The first-order valence-corrected chi connectivity index (χ1v) is 9.53. The molecule has 2 rings (SSSR count). The monoisotopic (exact) mass is 362 g/mol. The molecule has 126 valence electrons. The fourth-order valence-electron chi connectivity index (χ4n) is 1.91. The van der Waals surface area contributed by atoms with Crippen molar-refractivity contribution >= 4 is 33.1 Å². The molecule has 0 aliphatic carbocycles. The van der Waals surface area contributed by atoms with Gasteiger partial charge in [-0.05, 0) is 42.3 Å². The van der Waals surface area contributed by atoms with Gasteiger partial charge in [0.1, 0.15) is 5.78 Å². The molecule has 0 spiro atoms. The zero-order chi connectivity index (χ0) is 17.5. The molecule has 0 amide bonds. The Bertz CT molecular complexity index is 737. The molecule has 0 aliphatic heterocycles. The first kappa shape index (κ1) is 18.5. The van der Waals surface area contributed by atoms with E-state index in [0.29, 0.717) is 11.4 Å². The Morgan fingerprint density at radius 2 is 1.71 bits per heavy atom. The number of ketones is 1. The van der Waals surface area contributed by atoms with Gasteiger partial charge >= 0.3 is 0 Å². The average molecular weight is 362 g/mol. The molecule has 1 atom stereocenters. The quantitative estimate of drug-likeness (QED) is 0.425. The van der Waals surface area contributed by atoms with Crippen molar-refractivity contribution in [1.29, 1.82) is 0 Å². The summed E-state index contributed by atoms with van der Waals surface area (Å²) >= 11 is 0. The van der Waals surface area contributed by atoms with Crippen LogP contribution in [-0.2, 0) is 11.3 Å². The molecule has 0 saturated heterocycles. The van der Waals surface area contributed by atoms with Crippen molar-refractivity contribution in [1.82, 2.24) is 5.32 Å². The number of benzene rings is 2. The molecule has 0 bridgehead atoms. The van der Waals surface area contributed by atoms with Gasteiger partial charge in [0.05, 0.1) is 15.9 Å². The molecule has 0 heterocycles. The van der Waals surface area contributed by atoms with Crippen molar-refractivity contribution in [3.63, 3.8) is 0 Å². The van der Waals surface area contributed by atoms with Crippen molar-refractivity contribution in [3.8, 4) is 0 Å². The molecule has 2 aromatic rings. The summed E-state index contributed by atoms with van der Waals surface area (Å²) in [5.41, 5.74) is 1.16. The molecule has 0 aliphatic rings. The van der Waals surface area contributed by atoms with Crippen LogP contribution in [0.5, 0.6) is 0 Å². The van der Waals surface area contributed by atoms with E-state index >= 15 is 0 Å². The summed E-state index contributed by atoms with van der Waals surface area (Å²) in [4.78, 5) is 23.7. The molecule has 5 nitrogen and oxygen atoms in total. The maximum atomic E-state index is 11.3. The molecule has 7 heteroatoms. The Morgan fingerprint density at radius 3 is 2.38 bits per heavy atom. The number of para-hydroxylation sites is 1. The van der Waals surface area contributed by atoms with Crippen LogP contribution in [0.3, 0.4) is 0 Å². The smallest absolute Gasteiger partial charge is 0.283 e. The van der Waals surface area contributed by atoms with Gasteiger partial charge in [0.2, 0.25) is 0 Å². The number of Topliss-reactive ketones (excluding diaryl/α,β-unsaturated/α-hetero) is 1. The number of rotatable bonds is 8. The molecule has 0 fully saturated rings. The van der Waals surface area contributed by atoms with E-state index in [4.69, 9.17) is 0 Å². The highest BCUT2D eigenvalue weighted by atomic mass is 33.1. The lowest BCUT2D eigenvalue weighted by atomic mass is 10.2. The third-order valence-electron chi connectivity index (χ3n) is 3.46. The average Bonchev–Trinajstić information content (AvgIpc) is 2.58. The number of nitrogens with zero attached hydrogens (tertiary/aromatic N) is 1. The standard InChI is InChI=1S/C17H18N2O3S2/c1-12(13(2)20)18-11-14-7-3-5-9-16(14)23-24-17-10-6-4-8-15(17)19(21)22/h3-10,12,18H,11H2,1-2H3. The van der Waals surface area contributed by atoms with E-state index in [1.165, 1.54) is 27.7 Å². The molecule has 2 aromatic carbocycles. The molecule has 1 unspecified atom stereocenters. The highest BCUT2D eigenvalue weighted by Crippen LogP contribution is 2.42. The van der Waals surface area contributed by atoms with E-state index in [2.05, 4.69) is 5.32 Å². The summed E-state index contributed by atoms with van der Waals surface area (Å²) in [7, 11) is 2.84. The summed E-state index contributed by atoms with van der Waals surface area (Å²) in [6, 6.07) is 14.3. The zero-order valence-corrected chi connectivity index (χ0v) is 15.0.